The average Bonchev–Trinajstić information content (AvgIpc) is 3.62. The van der Waals surface area contributed by atoms with Crippen molar-refractivity contribution in [3.05, 3.63) is 295 Å². The van der Waals surface area contributed by atoms with Crippen LogP contribution in [0.1, 0.15) is 76.3 Å². The van der Waals surface area contributed by atoms with E-state index in [9.17, 15) is 0 Å². The highest BCUT2D eigenvalue weighted by atomic mass is 15.2. The largest absolute Gasteiger partial charge is 0.311 e. The number of rotatable bonds is 9. The van der Waals surface area contributed by atoms with E-state index in [4.69, 9.17) is 0 Å². The highest BCUT2D eigenvalue weighted by molar-refractivity contribution is 7.00. The third-order valence-electron chi connectivity index (χ3n) is 17.9. The predicted octanol–water partition coefficient (Wildman–Crippen LogP) is 19.0. The zero-order chi connectivity index (χ0) is 55.2. The Bertz CT molecular complexity index is 4140. The molecule has 0 bridgehead atoms. The first-order chi connectivity index (χ1) is 39.3. The quantitative estimate of drug-likeness (QED) is 0.105. The molecule has 0 unspecified atom stereocenters. The molecule has 0 saturated carbocycles. The second-order valence-corrected chi connectivity index (χ2v) is 24.5. The van der Waals surface area contributed by atoms with Gasteiger partial charge in [-0.25, -0.2) is 0 Å². The standard InChI is InChI=1S/C78H65BN2/c1-76(2,3)60-46-53(45-55(47-60)74-65-39-25-23-37-63(65)73(52-27-13-8-14-28-52)64-38-24-26-40-66(64)74)54-48-71-75-72(49-54)81(62-35-21-12-22-36-62)70-51-59(78(6,7)57-31-17-10-18-32-57)42-44-68(70)79(75)67-43-41-58(77(4,5)56-29-15-9-16-30-56)50-69(67)80(71)61-33-19-11-20-34-61/h8-51H,1-7H3. The van der Waals surface area contributed by atoms with Gasteiger partial charge in [0.05, 0.1) is 0 Å². The lowest BCUT2D eigenvalue weighted by Crippen LogP contribution is -2.61. The molecule has 2 nitrogen and oxygen atoms in total. The van der Waals surface area contributed by atoms with Gasteiger partial charge in [0.25, 0.3) is 6.71 Å². The Balaban J connectivity index is 1.08. The fraction of sp³-hybridized carbons (Fsp3) is 0.128. The highest BCUT2D eigenvalue weighted by Gasteiger charge is 2.45. The first-order valence-corrected chi connectivity index (χ1v) is 28.8. The molecule has 2 aliphatic rings. The predicted molar refractivity (Wildman–Crippen MR) is 348 cm³/mol. The van der Waals surface area contributed by atoms with E-state index in [0.29, 0.717) is 0 Å². The van der Waals surface area contributed by atoms with Crippen LogP contribution < -0.4 is 26.2 Å². The molecular weight excluding hydrogens is 976 g/mol. The fourth-order valence-electron chi connectivity index (χ4n) is 13.4. The molecule has 12 aromatic rings. The number of para-hydroxylation sites is 2. The summed E-state index contributed by atoms with van der Waals surface area (Å²) in [5.41, 5.74) is 24.0. The summed E-state index contributed by atoms with van der Waals surface area (Å²) in [6.07, 6.45) is 0. The van der Waals surface area contributed by atoms with Gasteiger partial charge < -0.3 is 9.80 Å². The van der Waals surface area contributed by atoms with Crippen molar-refractivity contribution in [2.75, 3.05) is 9.80 Å². The lowest BCUT2D eigenvalue weighted by molar-refractivity contribution is 0.591. The zero-order valence-electron chi connectivity index (χ0n) is 47.4. The summed E-state index contributed by atoms with van der Waals surface area (Å²) in [5, 5.41) is 5.00. The summed E-state index contributed by atoms with van der Waals surface area (Å²) in [6.45, 7) is 16.5. The van der Waals surface area contributed by atoms with Crippen molar-refractivity contribution in [1.82, 2.24) is 0 Å². The Morgan fingerprint density at radius 1 is 0.272 bits per heavy atom. The minimum atomic E-state index is -0.268. The third kappa shape index (κ3) is 8.32. The fourth-order valence-corrected chi connectivity index (χ4v) is 13.4. The summed E-state index contributed by atoms with van der Waals surface area (Å²) >= 11 is 0. The van der Waals surface area contributed by atoms with E-state index in [2.05, 4.69) is 325 Å². The van der Waals surface area contributed by atoms with Gasteiger partial charge in [0.15, 0.2) is 0 Å². The molecule has 0 radical (unpaired) electrons. The normalized spacial score (nSPS) is 13.0. The van der Waals surface area contributed by atoms with E-state index < -0.39 is 0 Å². The molecule has 2 aliphatic heterocycles. The molecule has 0 aromatic heterocycles. The van der Waals surface area contributed by atoms with Gasteiger partial charge in [-0.1, -0.05) is 261 Å². The van der Waals surface area contributed by atoms with Gasteiger partial charge in [-0.3, -0.25) is 0 Å². The third-order valence-corrected chi connectivity index (χ3v) is 17.9. The molecule has 0 saturated heterocycles. The van der Waals surface area contributed by atoms with Crippen LogP contribution in [-0.4, -0.2) is 6.71 Å². The van der Waals surface area contributed by atoms with Gasteiger partial charge >= 0.3 is 0 Å². The van der Waals surface area contributed by atoms with E-state index >= 15 is 0 Å². The van der Waals surface area contributed by atoms with Crippen LogP contribution in [0.15, 0.2) is 267 Å². The summed E-state index contributed by atoms with van der Waals surface area (Å²) in [6, 6.07) is 100. The number of fused-ring (bicyclic) bond motifs is 6. The van der Waals surface area contributed by atoms with Crippen LogP contribution in [-0.2, 0) is 16.2 Å². The van der Waals surface area contributed by atoms with Gasteiger partial charge in [0.2, 0.25) is 0 Å². The molecule has 0 atom stereocenters. The van der Waals surface area contributed by atoms with Gasteiger partial charge in [0, 0.05) is 45.0 Å². The Kier molecular flexibility index (Phi) is 11.9. The van der Waals surface area contributed by atoms with Gasteiger partial charge in [-0.2, -0.15) is 0 Å². The molecule has 0 fully saturated rings. The zero-order valence-corrected chi connectivity index (χ0v) is 47.4. The second-order valence-electron chi connectivity index (χ2n) is 24.5. The van der Waals surface area contributed by atoms with Gasteiger partial charge in [0.1, 0.15) is 0 Å². The van der Waals surface area contributed by atoms with E-state index in [1.165, 1.54) is 122 Å². The van der Waals surface area contributed by atoms with Crippen LogP contribution >= 0.6 is 0 Å². The van der Waals surface area contributed by atoms with E-state index in [-0.39, 0.29) is 23.0 Å². The second kappa shape index (κ2) is 19.3. The minimum Gasteiger partial charge on any atom is -0.311 e. The first-order valence-electron chi connectivity index (χ1n) is 28.8. The SMILES string of the molecule is CC(C)(C)c1cc(-c2cc3c4c(c2)N(c2ccccc2)c2cc(C(C)(C)c5ccccc5)ccc2B4c2ccc(C(C)(C)c4ccccc4)cc2N3c2ccccc2)cc(-c2c3ccccc3c(-c3ccccc3)c3ccccc23)c1. The first kappa shape index (κ1) is 50.1. The average molecular weight is 1040 g/mol. The topological polar surface area (TPSA) is 6.48 Å². The van der Waals surface area contributed by atoms with Crippen LogP contribution in [0, 0.1) is 0 Å². The molecular formula is C78H65BN2. The van der Waals surface area contributed by atoms with E-state index in [0.717, 1.165) is 11.4 Å². The minimum absolute atomic E-state index is 0.0610. The maximum absolute atomic E-state index is 2.58. The van der Waals surface area contributed by atoms with Crippen molar-refractivity contribution in [1.29, 1.82) is 0 Å². The number of nitrogens with zero attached hydrogens (tertiary/aromatic N) is 2. The Hall–Kier alpha value is -9.18. The number of benzene rings is 12. The smallest absolute Gasteiger partial charge is 0.252 e. The van der Waals surface area contributed by atoms with Crippen molar-refractivity contribution in [2.45, 2.75) is 64.7 Å². The molecule has 0 amide bonds. The number of anilines is 6. The Morgan fingerprint density at radius 3 is 1.05 bits per heavy atom. The summed E-state index contributed by atoms with van der Waals surface area (Å²) < 4.78 is 0. The van der Waals surface area contributed by atoms with Crippen LogP contribution in [0.5, 0.6) is 0 Å². The number of hydrogen-bond acceptors (Lipinski definition) is 2. The molecule has 3 heteroatoms. The van der Waals surface area contributed by atoms with Crippen molar-refractivity contribution < 1.29 is 0 Å². The summed E-state index contributed by atoms with van der Waals surface area (Å²) in [4.78, 5) is 5.16. The maximum Gasteiger partial charge on any atom is 0.252 e. The van der Waals surface area contributed by atoms with Crippen molar-refractivity contribution in [3.8, 4) is 33.4 Å². The molecule has 0 spiro atoms. The summed E-state index contributed by atoms with van der Waals surface area (Å²) in [5.74, 6) is 0. The molecule has 0 aliphatic carbocycles. The highest BCUT2D eigenvalue weighted by Crippen LogP contribution is 2.50. The van der Waals surface area contributed by atoms with Crippen LogP contribution in [0.4, 0.5) is 34.1 Å². The van der Waals surface area contributed by atoms with E-state index in [1.54, 1.807) is 0 Å². The van der Waals surface area contributed by atoms with Crippen molar-refractivity contribution in [2.24, 2.45) is 0 Å². The summed E-state index contributed by atoms with van der Waals surface area (Å²) in [7, 11) is 0. The van der Waals surface area contributed by atoms with E-state index in [1.807, 2.05) is 0 Å². The molecule has 0 N–H and O–H groups in total. The number of hydrogen-bond donors (Lipinski definition) is 0. The van der Waals surface area contributed by atoms with Crippen molar-refractivity contribution in [3.63, 3.8) is 0 Å². The van der Waals surface area contributed by atoms with Crippen LogP contribution in [0.3, 0.4) is 0 Å². The van der Waals surface area contributed by atoms with Crippen LogP contribution in [0.2, 0.25) is 0 Å². The Morgan fingerprint density at radius 2 is 0.630 bits per heavy atom. The molecule has 2 heterocycles. The van der Waals surface area contributed by atoms with Gasteiger partial charge in [-0.15, -0.1) is 0 Å². The molecule has 14 rings (SSSR count). The lowest BCUT2D eigenvalue weighted by Gasteiger charge is -2.45. The monoisotopic (exact) mass is 1040 g/mol. The van der Waals surface area contributed by atoms with Crippen molar-refractivity contribution >= 4 is 78.8 Å². The Labute approximate surface area is 478 Å². The maximum atomic E-state index is 2.58. The molecule has 390 valence electrons. The van der Waals surface area contributed by atoms with Crippen LogP contribution in [0.25, 0.3) is 54.9 Å². The lowest BCUT2D eigenvalue weighted by atomic mass is 9.33. The molecule has 81 heavy (non-hydrogen) atoms. The van der Waals surface area contributed by atoms with Gasteiger partial charge in [-0.05, 0) is 159 Å². The molecule has 12 aromatic carbocycles.